The lowest BCUT2D eigenvalue weighted by Gasteiger charge is -2.21. The van der Waals surface area contributed by atoms with Crippen molar-refractivity contribution in [1.82, 2.24) is 15.1 Å². The summed E-state index contributed by atoms with van der Waals surface area (Å²) in [6.45, 7) is 1.88. The minimum absolute atomic E-state index is 0.108. The Labute approximate surface area is 103 Å². The van der Waals surface area contributed by atoms with Crippen LogP contribution in [-0.2, 0) is 0 Å². The normalized spacial score (nSPS) is 18.3. The topological polar surface area (TPSA) is 49.0 Å². The number of aryl methyl sites for hydroxylation is 1. The number of hydrogen-bond donors (Lipinski definition) is 1. The van der Waals surface area contributed by atoms with Gasteiger partial charge in [-0.3, -0.25) is 9.89 Å². The highest BCUT2D eigenvalue weighted by molar-refractivity contribution is 5.98. The summed E-state index contributed by atoms with van der Waals surface area (Å²) in [4.78, 5) is 13.7. The van der Waals surface area contributed by atoms with Crippen molar-refractivity contribution in [3.63, 3.8) is 0 Å². The molecular weight excluding hydrogens is 233 g/mol. The van der Waals surface area contributed by atoms with Gasteiger partial charge in [-0.1, -0.05) is 12.1 Å². The van der Waals surface area contributed by atoms with E-state index in [1.807, 2.05) is 6.92 Å². The van der Waals surface area contributed by atoms with Gasteiger partial charge in [0.1, 0.15) is 5.82 Å². The molecule has 18 heavy (non-hydrogen) atoms. The third kappa shape index (κ3) is 1.37. The number of carbonyl (C=O) groups excluding carboxylic acids is 1. The van der Waals surface area contributed by atoms with Crippen LogP contribution in [0.5, 0.6) is 0 Å². The number of carbonyl (C=O) groups is 1. The molecule has 0 unspecified atom stereocenters. The molecule has 4 nitrogen and oxygen atoms in total. The molecule has 1 aromatic carbocycles. The largest absolute Gasteiger partial charge is 0.329 e. The molecule has 0 spiro atoms. The predicted molar refractivity (Wildman–Crippen MR) is 63.7 cm³/mol. The van der Waals surface area contributed by atoms with Crippen molar-refractivity contribution in [2.24, 2.45) is 0 Å². The van der Waals surface area contributed by atoms with Crippen molar-refractivity contribution < 1.29 is 9.18 Å². The quantitative estimate of drug-likeness (QED) is 0.835. The summed E-state index contributed by atoms with van der Waals surface area (Å²) in [6.07, 6.45) is 0. The summed E-state index contributed by atoms with van der Waals surface area (Å²) in [5, 5.41) is 6.86. The number of rotatable bonds is 1. The Balaban J connectivity index is 2.14. The molecule has 1 N–H and O–H groups in total. The maximum absolute atomic E-state index is 13.0. The van der Waals surface area contributed by atoms with E-state index in [0.717, 1.165) is 16.8 Å². The van der Waals surface area contributed by atoms with E-state index in [4.69, 9.17) is 0 Å². The first-order valence-corrected chi connectivity index (χ1v) is 5.67. The lowest BCUT2D eigenvalue weighted by atomic mass is 9.99. The lowest BCUT2D eigenvalue weighted by molar-refractivity contribution is 0.0787. The molecule has 2 heterocycles. The number of aromatic nitrogens is 2. The van der Waals surface area contributed by atoms with E-state index < -0.39 is 0 Å². The fourth-order valence-corrected chi connectivity index (χ4v) is 2.45. The number of fused-ring (bicyclic) bond motifs is 1. The molecular formula is C13H12FN3O. The number of aromatic amines is 1. The van der Waals surface area contributed by atoms with Crippen LogP contribution >= 0.6 is 0 Å². The molecule has 1 amide bonds. The van der Waals surface area contributed by atoms with E-state index >= 15 is 0 Å². The van der Waals surface area contributed by atoms with E-state index in [2.05, 4.69) is 10.2 Å². The highest BCUT2D eigenvalue weighted by atomic mass is 19.1. The molecule has 0 fully saturated rings. The molecule has 3 rings (SSSR count). The van der Waals surface area contributed by atoms with E-state index in [9.17, 15) is 9.18 Å². The van der Waals surface area contributed by atoms with Gasteiger partial charge in [0.2, 0.25) is 0 Å². The van der Waals surface area contributed by atoms with E-state index in [0.29, 0.717) is 5.69 Å². The second-order valence-electron chi connectivity index (χ2n) is 4.48. The van der Waals surface area contributed by atoms with Crippen LogP contribution in [0.3, 0.4) is 0 Å². The Bertz CT molecular complexity index is 618. The van der Waals surface area contributed by atoms with Crippen LogP contribution in [0.15, 0.2) is 24.3 Å². The van der Waals surface area contributed by atoms with Crippen molar-refractivity contribution in [2.45, 2.75) is 13.0 Å². The zero-order valence-corrected chi connectivity index (χ0v) is 10.1. The van der Waals surface area contributed by atoms with E-state index in [1.165, 1.54) is 12.1 Å². The van der Waals surface area contributed by atoms with Gasteiger partial charge < -0.3 is 4.90 Å². The van der Waals surface area contributed by atoms with Crippen molar-refractivity contribution >= 4 is 5.91 Å². The van der Waals surface area contributed by atoms with Gasteiger partial charge in [0.15, 0.2) is 5.69 Å². The average Bonchev–Trinajstić information content (AvgIpc) is 2.84. The Morgan fingerprint density at radius 1 is 1.33 bits per heavy atom. The number of hydrogen-bond acceptors (Lipinski definition) is 2. The van der Waals surface area contributed by atoms with Crippen LogP contribution in [0.2, 0.25) is 0 Å². The van der Waals surface area contributed by atoms with Gasteiger partial charge in [-0.2, -0.15) is 5.10 Å². The molecule has 1 atom stereocenters. The third-order valence-corrected chi connectivity index (χ3v) is 3.36. The second-order valence-corrected chi connectivity index (χ2v) is 4.48. The SMILES string of the molecule is Cc1[nH]nc2c1[C@@H](c1ccc(F)cc1)N(C)C2=O. The summed E-state index contributed by atoms with van der Waals surface area (Å²) in [5.41, 5.74) is 3.10. The average molecular weight is 245 g/mol. The summed E-state index contributed by atoms with van der Waals surface area (Å²) in [5.74, 6) is -0.390. The zero-order valence-electron chi connectivity index (χ0n) is 10.1. The van der Waals surface area contributed by atoms with Gasteiger partial charge in [0.25, 0.3) is 5.91 Å². The van der Waals surface area contributed by atoms with Gasteiger partial charge >= 0.3 is 0 Å². The number of H-pyrrole nitrogens is 1. The third-order valence-electron chi connectivity index (χ3n) is 3.36. The maximum atomic E-state index is 13.0. The molecule has 1 aliphatic heterocycles. The highest BCUT2D eigenvalue weighted by Crippen LogP contribution is 2.37. The van der Waals surface area contributed by atoms with Crippen molar-refractivity contribution in [2.75, 3.05) is 7.05 Å². The molecule has 2 aromatic rings. The Hall–Kier alpha value is -2.17. The van der Waals surface area contributed by atoms with Crippen LogP contribution in [0, 0.1) is 12.7 Å². The summed E-state index contributed by atoms with van der Waals surface area (Å²) >= 11 is 0. The Morgan fingerprint density at radius 2 is 2.00 bits per heavy atom. The number of nitrogens with zero attached hydrogens (tertiary/aromatic N) is 2. The van der Waals surface area contributed by atoms with Crippen molar-refractivity contribution in [3.05, 3.63) is 52.6 Å². The number of amides is 1. The van der Waals surface area contributed by atoms with Gasteiger partial charge in [0, 0.05) is 18.3 Å². The first-order chi connectivity index (χ1) is 8.59. The zero-order chi connectivity index (χ0) is 12.9. The van der Waals surface area contributed by atoms with Crippen molar-refractivity contribution in [3.8, 4) is 0 Å². The molecule has 1 aliphatic rings. The predicted octanol–water partition coefficient (Wildman–Crippen LogP) is 2.03. The number of nitrogens with one attached hydrogen (secondary N) is 1. The summed E-state index contributed by atoms with van der Waals surface area (Å²) in [7, 11) is 1.73. The Morgan fingerprint density at radius 3 is 2.67 bits per heavy atom. The van der Waals surface area contributed by atoms with Crippen LogP contribution < -0.4 is 0 Å². The van der Waals surface area contributed by atoms with E-state index in [1.54, 1.807) is 24.1 Å². The fraction of sp³-hybridized carbons (Fsp3) is 0.231. The lowest BCUT2D eigenvalue weighted by Crippen LogP contribution is -2.24. The minimum Gasteiger partial charge on any atom is -0.329 e. The maximum Gasteiger partial charge on any atom is 0.275 e. The molecule has 0 saturated heterocycles. The van der Waals surface area contributed by atoms with Crippen LogP contribution in [0.25, 0.3) is 0 Å². The van der Waals surface area contributed by atoms with E-state index in [-0.39, 0.29) is 17.8 Å². The highest BCUT2D eigenvalue weighted by Gasteiger charge is 2.39. The molecule has 1 aromatic heterocycles. The standard InChI is InChI=1S/C13H12FN3O/c1-7-10-11(16-15-7)13(18)17(2)12(10)8-3-5-9(14)6-4-8/h3-6,12H,1-2H3,(H,15,16)/t12-/m1/s1. The first kappa shape index (κ1) is 11.0. The van der Waals surface area contributed by atoms with Gasteiger partial charge in [-0.15, -0.1) is 0 Å². The number of halogens is 1. The Kier molecular flexibility index (Phi) is 2.23. The van der Waals surface area contributed by atoms with Crippen molar-refractivity contribution in [1.29, 1.82) is 0 Å². The van der Waals surface area contributed by atoms with Crippen LogP contribution in [0.1, 0.15) is 33.4 Å². The van der Waals surface area contributed by atoms with Crippen LogP contribution in [-0.4, -0.2) is 28.1 Å². The molecule has 92 valence electrons. The smallest absolute Gasteiger partial charge is 0.275 e. The molecule has 0 saturated carbocycles. The molecule has 0 aliphatic carbocycles. The summed E-state index contributed by atoms with van der Waals surface area (Å²) in [6, 6.07) is 6.02. The molecule has 5 heteroatoms. The minimum atomic E-state index is -0.283. The molecule has 0 radical (unpaired) electrons. The van der Waals surface area contributed by atoms with Gasteiger partial charge in [-0.25, -0.2) is 4.39 Å². The van der Waals surface area contributed by atoms with Gasteiger partial charge in [0.05, 0.1) is 6.04 Å². The first-order valence-electron chi connectivity index (χ1n) is 5.67. The molecule has 0 bridgehead atoms. The fourth-order valence-electron chi connectivity index (χ4n) is 2.45. The monoisotopic (exact) mass is 245 g/mol. The summed E-state index contributed by atoms with van der Waals surface area (Å²) < 4.78 is 13.0. The van der Waals surface area contributed by atoms with Gasteiger partial charge in [-0.05, 0) is 24.6 Å². The van der Waals surface area contributed by atoms with Crippen LogP contribution in [0.4, 0.5) is 4.39 Å². The number of benzene rings is 1. The second kappa shape index (κ2) is 3.66.